The fourth-order valence-electron chi connectivity index (χ4n) is 3.13. The van der Waals surface area contributed by atoms with Gasteiger partial charge in [0, 0.05) is 6.04 Å². The molecule has 4 rings (SSSR count). The van der Waals surface area contributed by atoms with Gasteiger partial charge in [0.2, 0.25) is 0 Å². The molecular formula is C10H15NO2. The van der Waals surface area contributed by atoms with Crippen molar-refractivity contribution < 1.29 is 9.90 Å². The Kier molecular flexibility index (Phi) is 1.36. The van der Waals surface area contributed by atoms with Crippen molar-refractivity contribution in [3.8, 4) is 0 Å². The lowest BCUT2D eigenvalue weighted by atomic mass is 9.65. The highest BCUT2D eigenvalue weighted by atomic mass is 16.4. The van der Waals surface area contributed by atoms with E-state index < -0.39 is 11.5 Å². The molecule has 0 aromatic carbocycles. The summed E-state index contributed by atoms with van der Waals surface area (Å²) in [5, 5.41) is 12.3. The lowest BCUT2D eigenvalue weighted by molar-refractivity contribution is -0.155. The molecule has 72 valence electrons. The molecule has 0 spiro atoms. The number of hydrogen-bond acceptors (Lipinski definition) is 2. The SMILES string of the molecule is O=C(O)C12CC(C[C@@H](C3CC3)C1)N2. The second-order valence-electron chi connectivity index (χ2n) is 4.97. The summed E-state index contributed by atoms with van der Waals surface area (Å²) < 4.78 is 0. The molecule has 0 aromatic rings. The highest BCUT2D eigenvalue weighted by molar-refractivity contribution is 5.80. The molecular weight excluding hydrogens is 166 g/mol. The molecule has 2 aliphatic heterocycles. The van der Waals surface area contributed by atoms with Crippen molar-refractivity contribution in [2.24, 2.45) is 11.8 Å². The van der Waals surface area contributed by atoms with Crippen LogP contribution in [0.2, 0.25) is 0 Å². The highest BCUT2D eigenvalue weighted by Crippen LogP contribution is 2.50. The van der Waals surface area contributed by atoms with Crippen LogP contribution >= 0.6 is 0 Å². The van der Waals surface area contributed by atoms with Gasteiger partial charge in [-0.3, -0.25) is 10.1 Å². The molecule has 2 N–H and O–H groups in total. The smallest absolute Gasteiger partial charge is 0.323 e. The summed E-state index contributed by atoms with van der Waals surface area (Å²) in [7, 11) is 0. The third-order valence-corrected chi connectivity index (χ3v) is 3.97. The van der Waals surface area contributed by atoms with E-state index in [-0.39, 0.29) is 0 Å². The van der Waals surface area contributed by atoms with Crippen molar-refractivity contribution in [2.75, 3.05) is 0 Å². The lowest BCUT2D eigenvalue weighted by Gasteiger charge is -2.53. The number of carboxylic acids is 1. The predicted molar refractivity (Wildman–Crippen MR) is 47.4 cm³/mol. The van der Waals surface area contributed by atoms with E-state index in [4.69, 9.17) is 5.11 Å². The number of carbonyl (C=O) groups is 1. The summed E-state index contributed by atoms with van der Waals surface area (Å²) in [4.78, 5) is 11.0. The molecule has 2 saturated carbocycles. The van der Waals surface area contributed by atoms with E-state index in [9.17, 15) is 4.79 Å². The minimum Gasteiger partial charge on any atom is -0.480 e. The Morgan fingerprint density at radius 1 is 1.31 bits per heavy atom. The second kappa shape index (κ2) is 2.27. The summed E-state index contributed by atoms with van der Waals surface area (Å²) in [6.07, 6.45) is 5.65. The standard InChI is InChI=1S/C10H15NO2/c12-9(13)10-4-7(6-1-2-6)3-8(5-10)11-10/h6-8,11H,1-5H2,(H,12,13)/t7-,8?,10?/m1/s1. The number of nitrogens with one attached hydrogen (secondary N) is 1. The Morgan fingerprint density at radius 2 is 2.00 bits per heavy atom. The minimum atomic E-state index is -0.630. The molecule has 3 nitrogen and oxygen atoms in total. The van der Waals surface area contributed by atoms with Crippen molar-refractivity contribution in [3.63, 3.8) is 0 Å². The van der Waals surface area contributed by atoms with Gasteiger partial charge in [-0.15, -0.1) is 0 Å². The van der Waals surface area contributed by atoms with Crippen LogP contribution in [0.25, 0.3) is 0 Å². The Hall–Kier alpha value is -0.570. The third-order valence-electron chi connectivity index (χ3n) is 3.97. The number of aliphatic carboxylic acids is 1. The van der Waals surface area contributed by atoms with Crippen molar-refractivity contribution in [1.82, 2.24) is 5.32 Å². The Labute approximate surface area is 77.5 Å². The number of rotatable bonds is 2. The molecule has 2 heterocycles. The van der Waals surface area contributed by atoms with E-state index in [1.165, 1.54) is 19.3 Å². The zero-order valence-corrected chi connectivity index (χ0v) is 7.62. The fraction of sp³-hybridized carbons (Fsp3) is 0.900. The van der Waals surface area contributed by atoms with Crippen LogP contribution in [0.5, 0.6) is 0 Å². The largest absolute Gasteiger partial charge is 0.480 e. The molecule has 13 heavy (non-hydrogen) atoms. The van der Waals surface area contributed by atoms with Gasteiger partial charge in [-0.25, -0.2) is 0 Å². The fourth-order valence-corrected chi connectivity index (χ4v) is 3.13. The first-order valence-corrected chi connectivity index (χ1v) is 5.21. The molecule has 4 fully saturated rings. The van der Waals surface area contributed by atoms with Gasteiger partial charge in [0.15, 0.2) is 0 Å². The first-order chi connectivity index (χ1) is 6.20. The molecule has 2 saturated heterocycles. The first kappa shape index (κ1) is 7.80. The molecule has 4 aliphatic rings. The van der Waals surface area contributed by atoms with Gasteiger partial charge < -0.3 is 5.11 Å². The van der Waals surface area contributed by atoms with E-state index in [1.807, 2.05) is 0 Å². The van der Waals surface area contributed by atoms with Crippen LogP contribution in [0.15, 0.2) is 0 Å². The topological polar surface area (TPSA) is 49.3 Å². The summed E-state index contributed by atoms with van der Waals surface area (Å²) in [6, 6.07) is 0.510. The minimum absolute atomic E-state index is 0.510. The first-order valence-electron chi connectivity index (χ1n) is 5.21. The van der Waals surface area contributed by atoms with Crippen LogP contribution < -0.4 is 5.32 Å². The van der Waals surface area contributed by atoms with Gasteiger partial charge >= 0.3 is 5.97 Å². The molecule has 0 amide bonds. The molecule has 2 aliphatic carbocycles. The van der Waals surface area contributed by atoms with Crippen molar-refractivity contribution >= 4 is 5.97 Å². The molecule has 2 bridgehead atoms. The zero-order valence-electron chi connectivity index (χ0n) is 7.62. The van der Waals surface area contributed by atoms with Crippen LogP contribution in [0, 0.1) is 11.8 Å². The molecule has 3 heteroatoms. The lowest BCUT2D eigenvalue weighted by Crippen LogP contribution is -2.72. The third kappa shape index (κ3) is 1.03. The number of fused-ring (bicyclic) bond motifs is 2. The Morgan fingerprint density at radius 3 is 2.54 bits per heavy atom. The highest BCUT2D eigenvalue weighted by Gasteiger charge is 2.57. The van der Waals surface area contributed by atoms with E-state index in [0.29, 0.717) is 12.0 Å². The van der Waals surface area contributed by atoms with E-state index >= 15 is 0 Å². The number of carboxylic acid groups (broad SMARTS) is 1. The maximum atomic E-state index is 11.0. The monoisotopic (exact) mass is 181 g/mol. The maximum Gasteiger partial charge on any atom is 0.323 e. The van der Waals surface area contributed by atoms with Crippen LogP contribution in [0.4, 0.5) is 0 Å². The van der Waals surface area contributed by atoms with E-state index in [2.05, 4.69) is 5.32 Å². The van der Waals surface area contributed by atoms with Gasteiger partial charge in [-0.2, -0.15) is 0 Å². The van der Waals surface area contributed by atoms with Crippen molar-refractivity contribution in [1.29, 1.82) is 0 Å². The van der Waals surface area contributed by atoms with Gasteiger partial charge in [-0.1, -0.05) is 0 Å². The van der Waals surface area contributed by atoms with Gasteiger partial charge in [-0.05, 0) is 43.9 Å². The zero-order chi connectivity index (χ0) is 9.05. The number of piperidine rings is 1. The van der Waals surface area contributed by atoms with E-state index in [0.717, 1.165) is 18.8 Å². The maximum absolute atomic E-state index is 11.0. The summed E-state index contributed by atoms with van der Waals surface area (Å²) in [5.41, 5.74) is -0.518. The van der Waals surface area contributed by atoms with Gasteiger partial charge in [0.25, 0.3) is 0 Å². The number of hydrogen-bond donors (Lipinski definition) is 2. The van der Waals surface area contributed by atoms with Crippen molar-refractivity contribution in [2.45, 2.75) is 43.7 Å². The predicted octanol–water partition coefficient (Wildman–Crippen LogP) is 0.992. The average Bonchev–Trinajstić information content (AvgIpc) is 2.84. The van der Waals surface area contributed by atoms with Crippen LogP contribution in [0.3, 0.4) is 0 Å². The Bertz CT molecular complexity index is 254. The Balaban J connectivity index is 1.75. The van der Waals surface area contributed by atoms with Crippen LogP contribution in [-0.2, 0) is 4.79 Å². The van der Waals surface area contributed by atoms with Crippen molar-refractivity contribution in [3.05, 3.63) is 0 Å². The quantitative estimate of drug-likeness (QED) is 0.668. The molecule has 0 radical (unpaired) electrons. The van der Waals surface area contributed by atoms with Gasteiger partial charge in [0.1, 0.15) is 5.54 Å². The van der Waals surface area contributed by atoms with E-state index in [1.54, 1.807) is 0 Å². The summed E-state index contributed by atoms with van der Waals surface area (Å²) in [5.74, 6) is 0.939. The normalized spacial score (nSPS) is 48.3. The average molecular weight is 181 g/mol. The summed E-state index contributed by atoms with van der Waals surface area (Å²) >= 11 is 0. The second-order valence-corrected chi connectivity index (χ2v) is 4.97. The molecule has 0 aromatic heterocycles. The summed E-state index contributed by atoms with van der Waals surface area (Å²) in [6.45, 7) is 0. The van der Waals surface area contributed by atoms with Crippen LogP contribution in [-0.4, -0.2) is 22.7 Å². The molecule has 3 atom stereocenters. The molecule has 2 unspecified atom stereocenters. The van der Waals surface area contributed by atoms with Crippen LogP contribution in [0.1, 0.15) is 32.1 Å². The van der Waals surface area contributed by atoms with Gasteiger partial charge in [0.05, 0.1) is 0 Å².